The molecule has 1 aliphatic heterocycles. The Morgan fingerprint density at radius 2 is 1.45 bits per heavy atom. The molecule has 0 unspecified atom stereocenters. The zero-order valence-corrected chi connectivity index (χ0v) is 16.8. The molecule has 156 valence electrons. The molecule has 0 atom stereocenters. The van der Waals surface area contributed by atoms with Crippen molar-refractivity contribution in [3.8, 4) is 0 Å². The van der Waals surface area contributed by atoms with Gasteiger partial charge in [0.05, 0.1) is 5.56 Å². The monoisotopic (exact) mass is 416 g/mol. The van der Waals surface area contributed by atoms with Crippen LogP contribution in [0, 0.1) is 5.82 Å². The van der Waals surface area contributed by atoms with Crippen LogP contribution < -0.4 is 5.32 Å². The van der Waals surface area contributed by atoms with E-state index in [0.717, 1.165) is 25.9 Å². The van der Waals surface area contributed by atoms with E-state index in [1.165, 1.54) is 24.3 Å². The average Bonchev–Trinajstić information content (AvgIpc) is 3.34. The van der Waals surface area contributed by atoms with E-state index in [-0.39, 0.29) is 22.8 Å². The van der Waals surface area contributed by atoms with Crippen molar-refractivity contribution in [3.63, 3.8) is 0 Å². The minimum atomic E-state index is -0.461. The molecule has 31 heavy (non-hydrogen) atoms. The van der Waals surface area contributed by atoms with E-state index in [1.807, 2.05) is 0 Å². The Morgan fingerprint density at radius 1 is 0.774 bits per heavy atom. The number of halogens is 1. The maximum atomic E-state index is 13.2. The summed E-state index contributed by atoms with van der Waals surface area (Å²) in [7, 11) is 0. The first-order chi connectivity index (χ1) is 15.0. The Morgan fingerprint density at radius 3 is 2.16 bits per heavy atom. The number of hydrogen-bond donors (Lipinski definition) is 1. The van der Waals surface area contributed by atoms with Crippen molar-refractivity contribution in [2.75, 3.05) is 18.4 Å². The smallest absolute Gasteiger partial charge is 0.256 e. The second kappa shape index (κ2) is 8.92. The summed E-state index contributed by atoms with van der Waals surface area (Å²) in [6, 6.07) is 18.4. The number of nitrogens with zero attached hydrogens (tertiary/aromatic N) is 1. The van der Waals surface area contributed by atoms with Crippen LogP contribution in [0.5, 0.6) is 0 Å². The molecule has 3 aromatic carbocycles. The zero-order chi connectivity index (χ0) is 21.8. The number of carbonyl (C=O) groups is 3. The van der Waals surface area contributed by atoms with Gasteiger partial charge in [-0.25, -0.2) is 4.39 Å². The molecule has 1 fully saturated rings. The van der Waals surface area contributed by atoms with Crippen LogP contribution in [0.2, 0.25) is 0 Å². The van der Waals surface area contributed by atoms with Gasteiger partial charge in [-0.2, -0.15) is 0 Å². The van der Waals surface area contributed by atoms with Gasteiger partial charge in [0.15, 0.2) is 5.78 Å². The Labute approximate surface area is 179 Å². The molecule has 6 heteroatoms. The zero-order valence-electron chi connectivity index (χ0n) is 16.8. The minimum Gasteiger partial charge on any atom is -0.339 e. The third-order valence-electron chi connectivity index (χ3n) is 5.28. The van der Waals surface area contributed by atoms with Gasteiger partial charge in [-0.15, -0.1) is 0 Å². The Bertz CT molecular complexity index is 1140. The first-order valence-corrected chi connectivity index (χ1v) is 10.1. The molecule has 0 aliphatic carbocycles. The van der Waals surface area contributed by atoms with Crippen molar-refractivity contribution in [1.82, 2.24) is 4.90 Å². The predicted octanol–water partition coefficient (Wildman–Crippen LogP) is 4.55. The molecule has 0 radical (unpaired) electrons. The Kier molecular flexibility index (Phi) is 5.89. The number of hydrogen-bond acceptors (Lipinski definition) is 3. The highest BCUT2D eigenvalue weighted by molar-refractivity contribution is 6.17. The molecule has 5 nitrogen and oxygen atoms in total. The molecule has 0 bridgehead atoms. The van der Waals surface area contributed by atoms with Crippen LogP contribution in [-0.2, 0) is 0 Å². The Hall–Kier alpha value is -3.80. The van der Waals surface area contributed by atoms with Crippen LogP contribution in [0.15, 0.2) is 72.8 Å². The molecular weight excluding hydrogens is 395 g/mol. The number of likely N-dealkylation sites (tertiary alicyclic amines) is 1. The number of nitrogens with one attached hydrogen (secondary N) is 1. The Balaban J connectivity index is 1.56. The molecule has 1 saturated heterocycles. The summed E-state index contributed by atoms with van der Waals surface area (Å²) in [5.74, 6) is -1.33. The summed E-state index contributed by atoms with van der Waals surface area (Å²) in [5.41, 5.74) is 1.69. The fraction of sp³-hybridized carbons (Fsp3) is 0.160. The summed E-state index contributed by atoms with van der Waals surface area (Å²) in [6.45, 7) is 1.49. The highest BCUT2D eigenvalue weighted by atomic mass is 19.1. The lowest BCUT2D eigenvalue weighted by molar-refractivity contribution is 0.0792. The van der Waals surface area contributed by atoms with Crippen molar-refractivity contribution in [3.05, 3.63) is 101 Å². The van der Waals surface area contributed by atoms with Gasteiger partial charge in [0.1, 0.15) is 5.82 Å². The fourth-order valence-corrected chi connectivity index (χ4v) is 3.67. The van der Waals surface area contributed by atoms with Crippen molar-refractivity contribution in [2.45, 2.75) is 12.8 Å². The van der Waals surface area contributed by atoms with Crippen LogP contribution in [0.25, 0.3) is 0 Å². The van der Waals surface area contributed by atoms with Crippen LogP contribution in [0.1, 0.15) is 49.5 Å². The highest BCUT2D eigenvalue weighted by Crippen LogP contribution is 2.20. The highest BCUT2D eigenvalue weighted by Gasteiger charge is 2.21. The summed E-state index contributed by atoms with van der Waals surface area (Å²) in [6.07, 6.45) is 2.00. The van der Waals surface area contributed by atoms with E-state index in [1.54, 1.807) is 53.4 Å². The molecule has 2 amide bonds. The van der Waals surface area contributed by atoms with Crippen molar-refractivity contribution in [2.24, 2.45) is 0 Å². The third kappa shape index (κ3) is 4.53. The minimum absolute atomic E-state index is 0.0551. The van der Waals surface area contributed by atoms with Gasteiger partial charge in [-0.3, -0.25) is 14.4 Å². The first kappa shape index (κ1) is 20.5. The molecule has 4 rings (SSSR count). The summed E-state index contributed by atoms with van der Waals surface area (Å²) in [5, 5.41) is 2.78. The van der Waals surface area contributed by atoms with Gasteiger partial charge < -0.3 is 10.2 Å². The molecular formula is C25H21FN2O3. The average molecular weight is 416 g/mol. The number of anilines is 1. The SMILES string of the molecule is O=C(Nc1cccc(C(=O)N2CCCC2)c1)c1ccccc1C(=O)c1ccc(F)cc1. The van der Waals surface area contributed by atoms with Gasteiger partial charge in [0.25, 0.3) is 11.8 Å². The number of ketones is 1. The number of amides is 2. The largest absolute Gasteiger partial charge is 0.339 e. The maximum absolute atomic E-state index is 13.2. The van der Waals surface area contributed by atoms with Gasteiger partial charge in [0, 0.05) is 35.5 Å². The molecule has 3 aromatic rings. The maximum Gasteiger partial charge on any atom is 0.256 e. The first-order valence-electron chi connectivity index (χ1n) is 10.1. The number of carbonyl (C=O) groups excluding carboxylic acids is 3. The topological polar surface area (TPSA) is 66.5 Å². The molecule has 1 heterocycles. The van der Waals surface area contributed by atoms with Crippen LogP contribution in [0.4, 0.5) is 10.1 Å². The van der Waals surface area contributed by atoms with Gasteiger partial charge >= 0.3 is 0 Å². The van der Waals surface area contributed by atoms with Crippen LogP contribution in [0.3, 0.4) is 0 Å². The lowest BCUT2D eigenvalue weighted by Crippen LogP contribution is -2.27. The quantitative estimate of drug-likeness (QED) is 0.621. The summed E-state index contributed by atoms with van der Waals surface area (Å²) >= 11 is 0. The third-order valence-corrected chi connectivity index (χ3v) is 5.28. The van der Waals surface area contributed by atoms with E-state index in [2.05, 4.69) is 5.32 Å². The molecule has 0 saturated carbocycles. The van der Waals surface area contributed by atoms with E-state index >= 15 is 0 Å². The standard InChI is InChI=1S/C25H21FN2O3/c26-19-12-10-17(11-13-19)23(29)21-8-1-2-9-22(21)24(30)27-20-7-5-6-18(16-20)25(31)28-14-3-4-15-28/h1-2,5-13,16H,3-4,14-15H2,(H,27,30). The van der Waals surface area contributed by atoms with Gasteiger partial charge in [0.2, 0.25) is 0 Å². The number of rotatable bonds is 5. The summed E-state index contributed by atoms with van der Waals surface area (Å²) in [4.78, 5) is 40.2. The second-order valence-electron chi connectivity index (χ2n) is 7.42. The number of benzene rings is 3. The van der Waals surface area contributed by atoms with Crippen molar-refractivity contribution < 1.29 is 18.8 Å². The molecule has 1 aliphatic rings. The van der Waals surface area contributed by atoms with Crippen molar-refractivity contribution in [1.29, 1.82) is 0 Å². The van der Waals surface area contributed by atoms with Gasteiger partial charge in [-0.1, -0.05) is 24.3 Å². The lowest BCUT2D eigenvalue weighted by atomic mass is 9.98. The van der Waals surface area contributed by atoms with Gasteiger partial charge in [-0.05, 0) is 61.4 Å². The molecule has 1 N–H and O–H groups in total. The van der Waals surface area contributed by atoms with E-state index in [9.17, 15) is 18.8 Å². The molecule has 0 spiro atoms. The predicted molar refractivity (Wildman–Crippen MR) is 116 cm³/mol. The second-order valence-corrected chi connectivity index (χ2v) is 7.42. The van der Waals surface area contributed by atoms with Crippen LogP contribution in [-0.4, -0.2) is 35.6 Å². The van der Waals surface area contributed by atoms with E-state index < -0.39 is 11.7 Å². The molecule has 0 aromatic heterocycles. The van der Waals surface area contributed by atoms with E-state index in [4.69, 9.17) is 0 Å². The van der Waals surface area contributed by atoms with Crippen LogP contribution >= 0.6 is 0 Å². The lowest BCUT2D eigenvalue weighted by Gasteiger charge is -2.16. The fourth-order valence-electron chi connectivity index (χ4n) is 3.67. The normalized spacial score (nSPS) is 13.1. The van der Waals surface area contributed by atoms with E-state index in [0.29, 0.717) is 16.8 Å². The van der Waals surface area contributed by atoms with Crippen molar-refractivity contribution >= 4 is 23.3 Å². The summed E-state index contributed by atoms with van der Waals surface area (Å²) < 4.78 is 13.2.